The van der Waals surface area contributed by atoms with Crippen LogP contribution in [0.4, 0.5) is 0 Å². The monoisotopic (exact) mass is 153 g/mol. The lowest BCUT2D eigenvalue weighted by atomic mass is 10.1. The molecule has 0 fully saturated rings. The molecule has 0 aliphatic rings. The minimum absolute atomic E-state index is 0.794. The van der Waals surface area contributed by atoms with Crippen molar-refractivity contribution in [2.45, 2.75) is 26.7 Å². The van der Waals surface area contributed by atoms with Crippen molar-refractivity contribution in [3.63, 3.8) is 0 Å². The van der Waals surface area contributed by atoms with E-state index in [0.29, 0.717) is 0 Å². The van der Waals surface area contributed by atoms with Crippen molar-refractivity contribution in [2.24, 2.45) is 5.92 Å². The summed E-state index contributed by atoms with van der Waals surface area (Å²) in [6.07, 6.45) is 6.60. The summed E-state index contributed by atoms with van der Waals surface area (Å²) >= 11 is 0. The van der Waals surface area contributed by atoms with Crippen LogP contribution in [0.3, 0.4) is 0 Å². The van der Waals surface area contributed by atoms with Crippen molar-refractivity contribution in [1.29, 1.82) is 0 Å². The largest absolute Gasteiger partial charge is 0.389 e. The highest BCUT2D eigenvalue weighted by atomic mass is 14.8. The first-order chi connectivity index (χ1) is 5.16. The van der Waals surface area contributed by atoms with Gasteiger partial charge in [-0.2, -0.15) is 0 Å². The van der Waals surface area contributed by atoms with Crippen molar-refractivity contribution in [1.82, 2.24) is 5.32 Å². The fourth-order valence-electron chi connectivity index (χ4n) is 0.738. The number of rotatable bonds is 5. The van der Waals surface area contributed by atoms with E-state index in [0.717, 1.165) is 18.0 Å². The first-order valence-electron chi connectivity index (χ1n) is 4.20. The average molecular weight is 153 g/mol. The third kappa shape index (κ3) is 7.17. The van der Waals surface area contributed by atoms with Crippen molar-refractivity contribution in [3.05, 3.63) is 24.4 Å². The molecule has 0 spiro atoms. The summed E-state index contributed by atoms with van der Waals surface area (Å²) in [5.74, 6) is 0.794. The van der Waals surface area contributed by atoms with E-state index in [-0.39, 0.29) is 0 Å². The Morgan fingerprint density at radius 2 is 2.18 bits per heavy atom. The van der Waals surface area contributed by atoms with E-state index in [1.807, 2.05) is 13.1 Å². The molecule has 1 nitrogen and oxygen atoms in total. The average Bonchev–Trinajstić information content (AvgIpc) is 1.97. The summed E-state index contributed by atoms with van der Waals surface area (Å²) in [7, 11) is 1.88. The first kappa shape index (κ1) is 10.3. The molecule has 11 heavy (non-hydrogen) atoms. The van der Waals surface area contributed by atoms with E-state index >= 15 is 0 Å². The zero-order valence-corrected chi connectivity index (χ0v) is 7.85. The normalized spacial score (nSPS) is 10.9. The predicted molar refractivity (Wildman–Crippen MR) is 51.4 cm³/mol. The zero-order chi connectivity index (χ0) is 8.69. The zero-order valence-electron chi connectivity index (χ0n) is 7.85. The first-order valence-corrected chi connectivity index (χ1v) is 4.20. The van der Waals surface area contributed by atoms with Gasteiger partial charge in [-0.15, -0.1) is 0 Å². The molecule has 0 saturated heterocycles. The maximum Gasteiger partial charge on any atom is 0.0261 e. The molecule has 1 N–H and O–H groups in total. The third-order valence-electron chi connectivity index (χ3n) is 1.55. The Hall–Kier alpha value is -0.720. The predicted octanol–water partition coefficient (Wildman–Crippen LogP) is 2.71. The Morgan fingerprint density at radius 1 is 1.55 bits per heavy atom. The van der Waals surface area contributed by atoms with Crippen molar-refractivity contribution in [2.75, 3.05) is 7.05 Å². The Kier molecular flexibility index (Phi) is 5.63. The van der Waals surface area contributed by atoms with Crippen LogP contribution < -0.4 is 5.32 Å². The molecule has 0 aromatic carbocycles. The number of likely N-dealkylation sites (N-methyl/N-ethyl adjacent to an activating group) is 1. The summed E-state index contributed by atoms with van der Waals surface area (Å²) in [6.45, 7) is 8.27. The van der Waals surface area contributed by atoms with Crippen LogP contribution in [0.15, 0.2) is 24.4 Å². The van der Waals surface area contributed by atoms with Gasteiger partial charge in [-0.3, -0.25) is 0 Å². The van der Waals surface area contributed by atoms with Gasteiger partial charge in [0.2, 0.25) is 0 Å². The lowest BCUT2D eigenvalue weighted by Crippen LogP contribution is -2.00. The van der Waals surface area contributed by atoms with Crippen LogP contribution in [-0.4, -0.2) is 7.05 Å². The summed E-state index contributed by atoms with van der Waals surface area (Å²) in [4.78, 5) is 0. The van der Waals surface area contributed by atoms with Crippen LogP contribution in [0.5, 0.6) is 0 Å². The quantitative estimate of drug-likeness (QED) is 0.599. The molecule has 0 saturated carbocycles. The van der Waals surface area contributed by atoms with Gasteiger partial charge >= 0.3 is 0 Å². The summed E-state index contributed by atoms with van der Waals surface area (Å²) in [5, 5.41) is 2.97. The van der Waals surface area contributed by atoms with Gasteiger partial charge in [0.15, 0.2) is 0 Å². The second-order valence-electron chi connectivity index (χ2n) is 3.15. The maximum absolute atomic E-state index is 3.79. The molecule has 64 valence electrons. The van der Waals surface area contributed by atoms with E-state index in [1.54, 1.807) is 0 Å². The standard InChI is InChI=1S/C10H19N/c1-9(2)7-5-6-8-10(3)11-4/h6,8-9,11H,3,5,7H2,1-2,4H3/b8-6+. The number of hydrogen-bond acceptors (Lipinski definition) is 1. The molecule has 0 aliphatic carbocycles. The minimum atomic E-state index is 0.794. The van der Waals surface area contributed by atoms with Gasteiger partial charge in [0.05, 0.1) is 0 Å². The highest BCUT2D eigenvalue weighted by Crippen LogP contribution is 2.04. The summed E-state index contributed by atoms with van der Waals surface area (Å²) < 4.78 is 0. The van der Waals surface area contributed by atoms with Crippen LogP contribution in [0.1, 0.15) is 26.7 Å². The van der Waals surface area contributed by atoms with Crippen molar-refractivity contribution < 1.29 is 0 Å². The summed E-state index contributed by atoms with van der Waals surface area (Å²) in [6, 6.07) is 0. The Bertz CT molecular complexity index is 134. The molecule has 0 bridgehead atoms. The van der Waals surface area contributed by atoms with E-state index in [9.17, 15) is 0 Å². The van der Waals surface area contributed by atoms with Gasteiger partial charge in [-0.1, -0.05) is 26.5 Å². The fraction of sp³-hybridized carbons (Fsp3) is 0.600. The lowest BCUT2D eigenvalue weighted by Gasteiger charge is -1.99. The molecular weight excluding hydrogens is 134 g/mol. The molecule has 0 unspecified atom stereocenters. The topological polar surface area (TPSA) is 12.0 Å². The highest BCUT2D eigenvalue weighted by molar-refractivity contribution is 5.11. The van der Waals surface area contributed by atoms with Crippen LogP contribution in [0.25, 0.3) is 0 Å². The second-order valence-corrected chi connectivity index (χ2v) is 3.15. The van der Waals surface area contributed by atoms with Crippen LogP contribution >= 0.6 is 0 Å². The molecule has 0 aromatic heterocycles. The van der Waals surface area contributed by atoms with E-state index in [2.05, 4.69) is 31.8 Å². The maximum atomic E-state index is 3.79. The lowest BCUT2D eigenvalue weighted by molar-refractivity contribution is 0.594. The van der Waals surface area contributed by atoms with Gasteiger partial charge < -0.3 is 5.32 Å². The second kappa shape index (κ2) is 6.02. The van der Waals surface area contributed by atoms with Crippen LogP contribution in [0, 0.1) is 5.92 Å². The van der Waals surface area contributed by atoms with Gasteiger partial charge in [-0.25, -0.2) is 0 Å². The number of hydrogen-bond donors (Lipinski definition) is 1. The number of nitrogens with one attached hydrogen (secondary N) is 1. The highest BCUT2D eigenvalue weighted by Gasteiger charge is 1.89. The molecule has 0 atom stereocenters. The third-order valence-corrected chi connectivity index (χ3v) is 1.55. The molecular formula is C10H19N. The minimum Gasteiger partial charge on any atom is -0.389 e. The van der Waals surface area contributed by atoms with Crippen LogP contribution in [-0.2, 0) is 0 Å². The summed E-state index contributed by atoms with van der Waals surface area (Å²) in [5.41, 5.74) is 0.980. The van der Waals surface area contributed by atoms with Crippen molar-refractivity contribution in [3.8, 4) is 0 Å². The van der Waals surface area contributed by atoms with E-state index in [1.165, 1.54) is 6.42 Å². The van der Waals surface area contributed by atoms with E-state index in [4.69, 9.17) is 0 Å². The SMILES string of the molecule is C=C(/C=C/CCC(C)C)NC. The van der Waals surface area contributed by atoms with Gasteiger partial charge in [-0.05, 0) is 24.8 Å². The molecule has 0 aliphatic heterocycles. The molecule has 0 heterocycles. The molecule has 0 aromatic rings. The Balaban J connectivity index is 3.37. The molecule has 0 radical (unpaired) electrons. The van der Waals surface area contributed by atoms with Gasteiger partial charge in [0.1, 0.15) is 0 Å². The van der Waals surface area contributed by atoms with Gasteiger partial charge in [0.25, 0.3) is 0 Å². The van der Waals surface area contributed by atoms with E-state index < -0.39 is 0 Å². The Labute approximate surface area is 70.2 Å². The molecule has 0 rings (SSSR count). The number of allylic oxidation sites excluding steroid dienone is 2. The van der Waals surface area contributed by atoms with Crippen LogP contribution in [0.2, 0.25) is 0 Å². The van der Waals surface area contributed by atoms with Crippen molar-refractivity contribution >= 4 is 0 Å². The smallest absolute Gasteiger partial charge is 0.0261 e. The molecule has 0 amide bonds. The Morgan fingerprint density at radius 3 is 2.64 bits per heavy atom. The molecule has 1 heteroatoms. The fourth-order valence-corrected chi connectivity index (χ4v) is 0.738. The van der Waals surface area contributed by atoms with Gasteiger partial charge in [0, 0.05) is 12.7 Å².